The van der Waals surface area contributed by atoms with Crippen LogP contribution in [0.2, 0.25) is 5.02 Å². The van der Waals surface area contributed by atoms with E-state index in [9.17, 15) is 4.79 Å². The van der Waals surface area contributed by atoms with E-state index in [-0.39, 0.29) is 5.91 Å². The summed E-state index contributed by atoms with van der Waals surface area (Å²) in [6, 6.07) is 6.26. The molecule has 2 aliphatic heterocycles. The quantitative estimate of drug-likeness (QED) is 0.900. The zero-order valence-corrected chi connectivity index (χ0v) is 13.1. The van der Waals surface area contributed by atoms with Crippen molar-refractivity contribution in [3.8, 4) is 0 Å². The highest BCUT2D eigenvalue weighted by molar-refractivity contribution is 6.31. The summed E-state index contributed by atoms with van der Waals surface area (Å²) in [7, 11) is 0. The molecule has 21 heavy (non-hydrogen) atoms. The molecule has 2 unspecified atom stereocenters. The Morgan fingerprint density at radius 1 is 1.48 bits per heavy atom. The van der Waals surface area contributed by atoms with Crippen molar-refractivity contribution in [2.24, 2.45) is 5.92 Å². The van der Waals surface area contributed by atoms with Gasteiger partial charge in [-0.3, -0.25) is 9.69 Å². The molecular weight excluding hydrogens is 286 g/mol. The third kappa shape index (κ3) is 3.39. The van der Waals surface area contributed by atoms with Crippen LogP contribution in [0, 0.1) is 12.8 Å². The summed E-state index contributed by atoms with van der Waals surface area (Å²) in [5, 5.41) is 7.21. The number of rotatable bonds is 3. The van der Waals surface area contributed by atoms with Crippen LogP contribution in [-0.4, -0.2) is 43.0 Å². The standard InChI is InChI=1S/C16H22ClN3O/c1-11-13(17)3-2-4-14(11)19-16(21)10-20-8-6-15-12(9-20)5-7-18-15/h2-4,12,15,18H,5-10H2,1H3,(H,19,21). The molecule has 0 bridgehead atoms. The van der Waals surface area contributed by atoms with E-state index in [1.165, 1.54) is 6.42 Å². The molecule has 2 atom stereocenters. The molecule has 3 rings (SSSR count). The molecule has 0 saturated carbocycles. The Hall–Kier alpha value is -1.10. The van der Waals surface area contributed by atoms with Crippen molar-refractivity contribution in [2.45, 2.75) is 25.8 Å². The first-order valence-electron chi connectivity index (χ1n) is 7.64. The van der Waals surface area contributed by atoms with Crippen LogP contribution in [0.4, 0.5) is 5.69 Å². The minimum atomic E-state index is 0.0461. The predicted molar refractivity (Wildman–Crippen MR) is 85.8 cm³/mol. The van der Waals surface area contributed by atoms with Crippen molar-refractivity contribution in [3.63, 3.8) is 0 Å². The van der Waals surface area contributed by atoms with Crippen LogP contribution in [-0.2, 0) is 4.79 Å². The molecule has 1 amide bonds. The van der Waals surface area contributed by atoms with Gasteiger partial charge in [-0.25, -0.2) is 0 Å². The zero-order chi connectivity index (χ0) is 14.8. The molecule has 0 aliphatic carbocycles. The summed E-state index contributed by atoms with van der Waals surface area (Å²) in [6.07, 6.45) is 2.38. The van der Waals surface area contributed by atoms with Gasteiger partial charge in [0, 0.05) is 29.8 Å². The van der Waals surface area contributed by atoms with Crippen LogP contribution in [0.1, 0.15) is 18.4 Å². The molecule has 2 N–H and O–H groups in total. The minimum Gasteiger partial charge on any atom is -0.325 e. The summed E-state index contributed by atoms with van der Waals surface area (Å²) in [4.78, 5) is 14.5. The van der Waals surface area contributed by atoms with E-state index >= 15 is 0 Å². The smallest absolute Gasteiger partial charge is 0.238 e. The fourth-order valence-electron chi connectivity index (χ4n) is 3.40. The first-order valence-corrected chi connectivity index (χ1v) is 8.02. The molecular formula is C16H22ClN3O. The van der Waals surface area contributed by atoms with E-state index in [2.05, 4.69) is 15.5 Å². The van der Waals surface area contributed by atoms with Gasteiger partial charge in [-0.2, -0.15) is 0 Å². The average Bonchev–Trinajstić information content (AvgIpc) is 2.91. The van der Waals surface area contributed by atoms with E-state index < -0.39 is 0 Å². The highest BCUT2D eigenvalue weighted by Crippen LogP contribution is 2.25. The van der Waals surface area contributed by atoms with Crippen LogP contribution < -0.4 is 10.6 Å². The Labute approximate surface area is 130 Å². The summed E-state index contributed by atoms with van der Waals surface area (Å²) in [5.41, 5.74) is 1.73. The molecule has 2 fully saturated rings. The van der Waals surface area contributed by atoms with E-state index in [4.69, 9.17) is 11.6 Å². The van der Waals surface area contributed by atoms with Crippen LogP contribution in [0.5, 0.6) is 0 Å². The average molecular weight is 308 g/mol. The van der Waals surface area contributed by atoms with E-state index in [1.807, 2.05) is 25.1 Å². The lowest BCUT2D eigenvalue weighted by Crippen LogP contribution is -2.46. The number of halogens is 1. The molecule has 1 aromatic rings. The van der Waals surface area contributed by atoms with Crippen molar-refractivity contribution in [2.75, 3.05) is 31.5 Å². The number of hydrogen-bond acceptors (Lipinski definition) is 3. The van der Waals surface area contributed by atoms with Gasteiger partial charge in [0.1, 0.15) is 0 Å². The van der Waals surface area contributed by atoms with Gasteiger partial charge in [-0.1, -0.05) is 17.7 Å². The van der Waals surface area contributed by atoms with Crippen molar-refractivity contribution >= 4 is 23.2 Å². The van der Waals surface area contributed by atoms with Crippen LogP contribution in [0.25, 0.3) is 0 Å². The number of nitrogens with one attached hydrogen (secondary N) is 2. The second-order valence-corrected chi connectivity index (χ2v) is 6.50. The van der Waals surface area contributed by atoms with Crippen molar-refractivity contribution < 1.29 is 4.79 Å². The summed E-state index contributed by atoms with van der Waals surface area (Å²) >= 11 is 6.08. The van der Waals surface area contributed by atoms with Crippen molar-refractivity contribution in [1.82, 2.24) is 10.2 Å². The summed E-state index contributed by atoms with van der Waals surface area (Å²) in [6.45, 7) is 5.54. The normalized spacial score (nSPS) is 25.6. The van der Waals surface area contributed by atoms with E-state index in [1.54, 1.807) is 0 Å². The second-order valence-electron chi connectivity index (χ2n) is 6.09. The monoisotopic (exact) mass is 307 g/mol. The number of carbonyl (C=O) groups is 1. The molecule has 2 heterocycles. The van der Waals surface area contributed by atoms with Gasteiger partial charge < -0.3 is 10.6 Å². The second kappa shape index (κ2) is 6.34. The Morgan fingerprint density at radius 3 is 3.19 bits per heavy atom. The Balaban J connectivity index is 1.55. The first-order chi connectivity index (χ1) is 10.1. The fourth-order valence-corrected chi connectivity index (χ4v) is 3.58. The Bertz CT molecular complexity index is 534. The van der Waals surface area contributed by atoms with E-state index in [0.717, 1.165) is 37.3 Å². The van der Waals surface area contributed by atoms with Gasteiger partial charge in [0.25, 0.3) is 0 Å². The number of amides is 1. The summed E-state index contributed by atoms with van der Waals surface area (Å²) < 4.78 is 0. The molecule has 5 heteroatoms. The fraction of sp³-hybridized carbons (Fsp3) is 0.562. The third-order valence-electron chi connectivity index (χ3n) is 4.65. The van der Waals surface area contributed by atoms with Gasteiger partial charge in [0.15, 0.2) is 0 Å². The summed E-state index contributed by atoms with van der Waals surface area (Å²) in [5.74, 6) is 0.754. The number of anilines is 1. The highest BCUT2D eigenvalue weighted by atomic mass is 35.5. The SMILES string of the molecule is Cc1c(Cl)cccc1NC(=O)CN1CCC2NCCC2C1. The predicted octanol–water partition coefficient (Wildman–Crippen LogP) is 2.27. The van der Waals surface area contributed by atoms with Gasteiger partial charge >= 0.3 is 0 Å². The molecule has 0 spiro atoms. The zero-order valence-electron chi connectivity index (χ0n) is 12.4. The lowest BCUT2D eigenvalue weighted by molar-refractivity contribution is -0.117. The third-order valence-corrected chi connectivity index (χ3v) is 5.06. The van der Waals surface area contributed by atoms with Gasteiger partial charge in [-0.15, -0.1) is 0 Å². The van der Waals surface area contributed by atoms with Crippen molar-refractivity contribution in [1.29, 1.82) is 0 Å². The van der Waals surface area contributed by atoms with Crippen LogP contribution >= 0.6 is 11.6 Å². The largest absolute Gasteiger partial charge is 0.325 e. The molecule has 114 valence electrons. The Morgan fingerprint density at radius 2 is 2.33 bits per heavy atom. The number of fused-ring (bicyclic) bond motifs is 1. The van der Waals surface area contributed by atoms with Gasteiger partial charge in [0.05, 0.1) is 6.54 Å². The lowest BCUT2D eigenvalue weighted by atomic mass is 9.93. The van der Waals surface area contributed by atoms with Gasteiger partial charge in [0.2, 0.25) is 5.91 Å². The lowest BCUT2D eigenvalue weighted by Gasteiger charge is -2.34. The number of nitrogens with zero attached hydrogens (tertiary/aromatic N) is 1. The number of piperidine rings is 1. The number of carbonyl (C=O) groups excluding carboxylic acids is 1. The number of likely N-dealkylation sites (tertiary alicyclic amines) is 1. The van der Waals surface area contributed by atoms with Gasteiger partial charge in [-0.05, 0) is 49.9 Å². The van der Waals surface area contributed by atoms with Crippen molar-refractivity contribution in [3.05, 3.63) is 28.8 Å². The highest BCUT2D eigenvalue weighted by Gasteiger charge is 2.32. The maximum absolute atomic E-state index is 12.2. The van der Waals surface area contributed by atoms with Crippen LogP contribution in [0.15, 0.2) is 18.2 Å². The molecule has 0 aromatic heterocycles. The topological polar surface area (TPSA) is 44.4 Å². The number of benzene rings is 1. The molecule has 4 nitrogen and oxygen atoms in total. The Kier molecular flexibility index (Phi) is 4.48. The minimum absolute atomic E-state index is 0.0461. The molecule has 1 aromatic carbocycles. The number of hydrogen-bond donors (Lipinski definition) is 2. The van der Waals surface area contributed by atoms with Crippen LogP contribution in [0.3, 0.4) is 0 Å². The first kappa shape index (κ1) is 14.8. The maximum Gasteiger partial charge on any atom is 0.238 e. The maximum atomic E-state index is 12.2. The molecule has 2 aliphatic rings. The van der Waals surface area contributed by atoms with E-state index in [0.29, 0.717) is 23.5 Å². The molecule has 2 saturated heterocycles. The molecule has 0 radical (unpaired) electrons.